The van der Waals surface area contributed by atoms with E-state index in [9.17, 15) is 4.79 Å². The van der Waals surface area contributed by atoms with Gasteiger partial charge < -0.3 is 9.47 Å². The molecule has 0 radical (unpaired) electrons. The third-order valence-electron chi connectivity index (χ3n) is 3.57. The van der Waals surface area contributed by atoms with Gasteiger partial charge in [-0.15, -0.1) is 0 Å². The summed E-state index contributed by atoms with van der Waals surface area (Å²) >= 11 is 5.97. The summed E-state index contributed by atoms with van der Waals surface area (Å²) in [7, 11) is 2.90. The van der Waals surface area contributed by atoms with Crippen LogP contribution in [0, 0.1) is 0 Å². The van der Waals surface area contributed by atoms with Crippen molar-refractivity contribution in [3.8, 4) is 0 Å². The van der Waals surface area contributed by atoms with Gasteiger partial charge in [-0.05, 0) is 23.8 Å². The molecule has 0 aliphatic rings. The summed E-state index contributed by atoms with van der Waals surface area (Å²) in [5, 5.41) is 6.05. The molecule has 6 nitrogen and oxygen atoms in total. The van der Waals surface area contributed by atoms with Gasteiger partial charge in [0.1, 0.15) is 11.3 Å². The van der Waals surface area contributed by atoms with Crippen LogP contribution >= 0.6 is 11.6 Å². The zero-order valence-electron chi connectivity index (χ0n) is 13.3. The van der Waals surface area contributed by atoms with E-state index in [-0.39, 0.29) is 6.61 Å². The van der Waals surface area contributed by atoms with Gasteiger partial charge >= 0.3 is 5.97 Å². The van der Waals surface area contributed by atoms with E-state index < -0.39 is 5.97 Å². The maximum atomic E-state index is 11.8. The van der Waals surface area contributed by atoms with E-state index >= 15 is 0 Å². The minimum atomic E-state index is -0.431. The lowest BCUT2D eigenvalue weighted by Gasteiger charge is -2.04. The van der Waals surface area contributed by atoms with E-state index in [1.54, 1.807) is 24.2 Å². The largest absolute Gasteiger partial charge is 0.465 e. The van der Waals surface area contributed by atoms with Crippen molar-refractivity contribution in [2.75, 3.05) is 14.2 Å². The Morgan fingerprint density at radius 3 is 2.88 bits per heavy atom. The molecule has 0 saturated heterocycles. The number of carbonyl (C=O) groups is 1. The highest BCUT2D eigenvalue weighted by Gasteiger charge is 2.17. The maximum absolute atomic E-state index is 11.8. The minimum absolute atomic E-state index is 0.242. The second-order valence-corrected chi connectivity index (χ2v) is 5.73. The van der Waals surface area contributed by atoms with Crippen LogP contribution in [0.1, 0.15) is 21.6 Å². The molecule has 0 aliphatic heterocycles. The predicted octanol–water partition coefficient (Wildman–Crippen LogP) is 3.07. The third-order valence-corrected chi connectivity index (χ3v) is 3.81. The molecule has 1 aromatic carbocycles. The Morgan fingerprint density at radius 1 is 1.29 bits per heavy atom. The summed E-state index contributed by atoms with van der Waals surface area (Å²) in [6.45, 7) is 0.727. The number of ether oxygens (including phenoxy) is 2. The number of benzene rings is 1. The van der Waals surface area contributed by atoms with Gasteiger partial charge in [0.2, 0.25) is 0 Å². The number of carbonyl (C=O) groups excluding carboxylic acids is 1. The summed E-state index contributed by atoms with van der Waals surface area (Å²) in [5.41, 5.74) is 2.75. The van der Waals surface area contributed by atoms with Crippen molar-refractivity contribution >= 4 is 28.5 Å². The Labute approximate surface area is 144 Å². The van der Waals surface area contributed by atoms with Gasteiger partial charge in [0, 0.05) is 29.9 Å². The molecule has 0 fully saturated rings. The van der Waals surface area contributed by atoms with E-state index in [0.717, 1.165) is 16.5 Å². The summed E-state index contributed by atoms with van der Waals surface area (Å²) in [5.74, 6) is -0.431. The smallest absolute Gasteiger partial charge is 0.341 e. The number of rotatable bonds is 5. The molecule has 0 atom stereocenters. The molecule has 0 aliphatic carbocycles. The first-order valence-corrected chi connectivity index (χ1v) is 7.66. The Hall–Kier alpha value is -2.44. The van der Waals surface area contributed by atoms with Crippen LogP contribution in [0.4, 0.5) is 0 Å². The Balaban J connectivity index is 1.90. The first-order chi connectivity index (χ1) is 11.6. The topological polar surface area (TPSA) is 66.2 Å². The van der Waals surface area contributed by atoms with Gasteiger partial charge in [-0.2, -0.15) is 5.10 Å². The first-order valence-electron chi connectivity index (χ1n) is 7.28. The molecule has 0 N–H and O–H groups in total. The number of pyridine rings is 1. The Bertz CT molecular complexity index is 892. The maximum Gasteiger partial charge on any atom is 0.341 e. The van der Waals surface area contributed by atoms with Crippen molar-refractivity contribution in [3.05, 3.63) is 58.5 Å². The number of fused-ring (bicyclic) bond motifs is 1. The first kappa shape index (κ1) is 16.4. The lowest BCUT2D eigenvalue weighted by atomic mass is 10.1. The van der Waals surface area contributed by atoms with Gasteiger partial charge in [0.15, 0.2) is 0 Å². The normalized spacial score (nSPS) is 11.0. The van der Waals surface area contributed by atoms with Gasteiger partial charge in [0.25, 0.3) is 0 Å². The highest BCUT2D eigenvalue weighted by Crippen LogP contribution is 2.19. The molecule has 0 bridgehead atoms. The van der Waals surface area contributed by atoms with Crippen molar-refractivity contribution in [2.45, 2.75) is 13.2 Å². The van der Waals surface area contributed by atoms with Crippen molar-refractivity contribution in [1.82, 2.24) is 14.8 Å². The third kappa shape index (κ3) is 3.39. The fourth-order valence-corrected chi connectivity index (χ4v) is 2.65. The predicted molar refractivity (Wildman–Crippen MR) is 90.1 cm³/mol. The molecule has 0 amide bonds. The molecule has 3 aromatic rings. The van der Waals surface area contributed by atoms with Crippen molar-refractivity contribution < 1.29 is 14.3 Å². The summed E-state index contributed by atoms with van der Waals surface area (Å²) in [6.07, 6.45) is 3.43. The molecule has 0 spiro atoms. The van der Waals surface area contributed by atoms with E-state index in [1.807, 2.05) is 24.3 Å². The molecule has 0 unspecified atom stereocenters. The number of halogens is 1. The number of nitrogens with zero attached hydrogens (tertiary/aromatic N) is 3. The highest BCUT2D eigenvalue weighted by molar-refractivity contribution is 6.31. The molecule has 0 saturated carbocycles. The van der Waals surface area contributed by atoms with Crippen LogP contribution in [0.5, 0.6) is 0 Å². The number of aromatic nitrogens is 3. The average Bonchev–Trinajstić information content (AvgIpc) is 2.97. The lowest BCUT2D eigenvalue weighted by Crippen LogP contribution is -2.04. The minimum Gasteiger partial charge on any atom is -0.465 e. The fourth-order valence-electron chi connectivity index (χ4n) is 2.48. The van der Waals surface area contributed by atoms with E-state index in [2.05, 4.69) is 10.1 Å². The Morgan fingerprint density at radius 2 is 2.12 bits per heavy atom. The quantitative estimate of drug-likeness (QED) is 0.665. The van der Waals surface area contributed by atoms with Gasteiger partial charge in [-0.1, -0.05) is 17.7 Å². The van der Waals surface area contributed by atoms with Crippen LogP contribution in [-0.2, 0) is 22.6 Å². The highest BCUT2D eigenvalue weighted by atomic mass is 35.5. The molecule has 124 valence electrons. The molecule has 2 heterocycles. The molecule has 24 heavy (non-hydrogen) atoms. The van der Waals surface area contributed by atoms with Crippen molar-refractivity contribution in [3.63, 3.8) is 0 Å². The standard InChI is InChI=1S/C17H16ClN3O3/c1-23-10-16-14(17(22)24-2)9-21(20-16)8-11-5-12-3-4-13(18)6-15(12)19-7-11/h3-7,9H,8,10H2,1-2H3. The monoisotopic (exact) mass is 345 g/mol. The van der Waals surface area contributed by atoms with Crippen LogP contribution in [0.15, 0.2) is 36.7 Å². The average molecular weight is 346 g/mol. The molecular weight excluding hydrogens is 330 g/mol. The summed E-state index contributed by atoms with van der Waals surface area (Å²) in [4.78, 5) is 16.2. The molecule has 3 rings (SSSR count). The summed E-state index contributed by atoms with van der Waals surface area (Å²) < 4.78 is 11.6. The van der Waals surface area contributed by atoms with Crippen LogP contribution in [0.25, 0.3) is 10.9 Å². The number of hydrogen-bond donors (Lipinski definition) is 0. The molecular formula is C17H16ClN3O3. The lowest BCUT2D eigenvalue weighted by molar-refractivity contribution is 0.0595. The van der Waals surface area contributed by atoms with Gasteiger partial charge in [-0.3, -0.25) is 9.67 Å². The number of hydrogen-bond acceptors (Lipinski definition) is 5. The van der Waals surface area contributed by atoms with Crippen molar-refractivity contribution in [1.29, 1.82) is 0 Å². The van der Waals surface area contributed by atoms with Crippen LogP contribution in [0.2, 0.25) is 5.02 Å². The van der Waals surface area contributed by atoms with Crippen LogP contribution in [-0.4, -0.2) is 35.0 Å². The van der Waals surface area contributed by atoms with Crippen molar-refractivity contribution in [2.24, 2.45) is 0 Å². The van der Waals surface area contributed by atoms with E-state index in [1.165, 1.54) is 7.11 Å². The fraction of sp³-hybridized carbons (Fsp3) is 0.235. The van der Waals surface area contributed by atoms with E-state index in [4.69, 9.17) is 21.1 Å². The second kappa shape index (κ2) is 6.98. The zero-order valence-corrected chi connectivity index (χ0v) is 14.1. The van der Waals surface area contributed by atoms with Gasteiger partial charge in [-0.25, -0.2) is 4.79 Å². The zero-order chi connectivity index (χ0) is 17.1. The van der Waals surface area contributed by atoms with Crippen LogP contribution < -0.4 is 0 Å². The number of methoxy groups -OCH3 is 2. The van der Waals surface area contributed by atoms with Crippen LogP contribution in [0.3, 0.4) is 0 Å². The second-order valence-electron chi connectivity index (χ2n) is 5.29. The van der Waals surface area contributed by atoms with E-state index in [0.29, 0.717) is 22.8 Å². The summed E-state index contributed by atoms with van der Waals surface area (Å²) in [6, 6.07) is 7.59. The Kier molecular flexibility index (Phi) is 4.78. The SMILES string of the molecule is COCc1nn(Cc2cnc3cc(Cl)ccc3c2)cc1C(=O)OC. The molecule has 7 heteroatoms. The molecule has 2 aromatic heterocycles. The number of esters is 1. The van der Waals surface area contributed by atoms with Gasteiger partial charge in [0.05, 0.1) is 25.8 Å².